The minimum atomic E-state index is 0.112. The first-order valence-corrected chi connectivity index (χ1v) is 6.78. The summed E-state index contributed by atoms with van der Waals surface area (Å²) >= 11 is 0. The van der Waals surface area contributed by atoms with Crippen LogP contribution in [0.15, 0.2) is 30.3 Å². The summed E-state index contributed by atoms with van der Waals surface area (Å²) < 4.78 is 0. The molecule has 3 rings (SSSR count). The predicted octanol–water partition coefficient (Wildman–Crippen LogP) is 2.50. The molecule has 2 fully saturated rings. The summed E-state index contributed by atoms with van der Waals surface area (Å²) in [6.07, 6.45) is 5.53. The minimum absolute atomic E-state index is 0.112. The first-order valence-electron chi connectivity index (χ1n) is 6.78. The van der Waals surface area contributed by atoms with Crippen LogP contribution in [-0.4, -0.2) is 17.8 Å². The number of fused-ring (bicyclic) bond motifs is 2. The monoisotopic (exact) mass is 231 g/mol. The molecule has 2 N–H and O–H groups in total. The SMILES string of the molecule is OC[C@@H](NC1CC2CCC1C2)c1ccccc1. The normalized spacial score (nSPS) is 32.9. The van der Waals surface area contributed by atoms with Gasteiger partial charge in [-0.15, -0.1) is 0 Å². The summed E-state index contributed by atoms with van der Waals surface area (Å²) in [5, 5.41) is 13.2. The summed E-state index contributed by atoms with van der Waals surface area (Å²) in [5.41, 5.74) is 1.21. The van der Waals surface area contributed by atoms with Crippen molar-refractivity contribution >= 4 is 0 Å². The van der Waals surface area contributed by atoms with Crippen LogP contribution in [0.1, 0.15) is 37.3 Å². The van der Waals surface area contributed by atoms with Crippen LogP contribution in [0.3, 0.4) is 0 Å². The molecule has 92 valence electrons. The van der Waals surface area contributed by atoms with E-state index in [1.54, 1.807) is 0 Å². The van der Waals surface area contributed by atoms with E-state index in [2.05, 4.69) is 17.4 Å². The molecule has 0 amide bonds. The van der Waals surface area contributed by atoms with Crippen LogP contribution < -0.4 is 5.32 Å². The molecule has 0 aromatic heterocycles. The van der Waals surface area contributed by atoms with Gasteiger partial charge in [0.15, 0.2) is 0 Å². The molecule has 2 aliphatic carbocycles. The molecule has 2 bridgehead atoms. The van der Waals surface area contributed by atoms with Gasteiger partial charge in [0.1, 0.15) is 0 Å². The van der Waals surface area contributed by atoms with Crippen molar-refractivity contribution in [2.45, 2.75) is 37.8 Å². The van der Waals surface area contributed by atoms with Gasteiger partial charge < -0.3 is 10.4 Å². The maximum Gasteiger partial charge on any atom is 0.0626 e. The highest BCUT2D eigenvalue weighted by Crippen LogP contribution is 2.45. The zero-order valence-electron chi connectivity index (χ0n) is 10.2. The summed E-state index contributed by atoms with van der Waals surface area (Å²) in [4.78, 5) is 0. The van der Waals surface area contributed by atoms with Crippen molar-refractivity contribution in [3.8, 4) is 0 Å². The molecule has 1 aromatic carbocycles. The van der Waals surface area contributed by atoms with Crippen LogP contribution in [0.5, 0.6) is 0 Å². The van der Waals surface area contributed by atoms with Crippen LogP contribution in [0, 0.1) is 11.8 Å². The largest absolute Gasteiger partial charge is 0.394 e. The fourth-order valence-corrected chi connectivity index (χ4v) is 3.65. The highest BCUT2D eigenvalue weighted by atomic mass is 16.3. The third kappa shape index (κ3) is 2.24. The Morgan fingerprint density at radius 3 is 2.59 bits per heavy atom. The maximum atomic E-state index is 9.55. The Balaban J connectivity index is 1.67. The average molecular weight is 231 g/mol. The number of benzene rings is 1. The molecule has 4 atom stereocenters. The van der Waals surface area contributed by atoms with Gasteiger partial charge in [0, 0.05) is 6.04 Å². The molecule has 0 saturated heterocycles. The first kappa shape index (κ1) is 11.2. The molecule has 2 saturated carbocycles. The number of aliphatic hydroxyl groups excluding tert-OH is 1. The van der Waals surface area contributed by atoms with E-state index in [9.17, 15) is 5.11 Å². The Hall–Kier alpha value is -0.860. The Kier molecular flexibility index (Phi) is 3.17. The van der Waals surface area contributed by atoms with Crippen LogP contribution >= 0.6 is 0 Å². The van der Waals surface area contributed by atoms with Crippen molar-refractivity contribution in [3.05, 3.63) is 35.9 Å². The average Bonchev–Trinajstić information content (AvgIpc) is 2.99. The van der Waals surface area contributed by atoms with Gasteiger partial charge >= 0.3 is 0 Å². The third-order valence-corrected chi connectivity index (χ3v) is 4.54. The van der Waals surface area contributed by atoms with Crippen LogP contribution in [0.4, 0.5) is 0 Å². The van der Waals surface area contributed by atoms with Gasteiger partial charge in [-0.1, -0.05) is 36.8 Å². The van der Waals surface area contributed by atoms with Gasteiger partial charge in [-0.25, -0.2) is 0 Å². The lowest BCUT2D eigenvalue weighted by Gasteiger charge is -2.28. The standard InChI is InChI=1S/C15H21NO/c17-10-15(12-4-2-1-3-5-12)16-14-9-11-6-7-13(14)8-11/h1-5,11,13-17H,6-10H2/t11?,13?,14?,15-/m1/s1. The van der Waals surface area contributed by atoms with Crippen molar-refractivity contribution < 1.29 is 5.11 Å². The lowest BCUT2D eigenvalue weighted by molar-refractivity contribution is 0.215. The smallest absolute Gasteiger partial charge is 0.0626 e. The lowest BCUT2D eigenvalue weighted by Crippen LogP contribution is -2.38. The lowest BCUT2D eigenvalue weighted by atomic mass is 9.94. The van der Waals surface area contributed by atoms with Gasteiger partial charge in [0.25, 0.3) is 0 Å². The zero-order chi connectivity index (χ0) is 11.7. The van der Waals surface area contributed by atoms with E-state index in [1.165, 1.54) is 31.2 Å². The zero-order valence-corrected chi connectivity index (χ0v) is 10.2. The molecule has 17 heavy (non-hydrogen) atoms. The van der Waals surface area contributed by atoms with Gasteiger partial charge in [-0.3, -0.25) is 0 Å². The Labute approximate surface area is 103 Å². The highest BCUT2D eigenvalue weighted by molar-refractivity contribution is 5.19. The van der Waals surface area contributed by atoms with Gasteiger partial charge in [0.05, 0.1) is 12.6 Å². The second-order valence-electron chi connectivity index (χ2n) is 5.59. The quantitative estimate of drug-likeness (QED) is 0.834. The van der Waals surface area contributed by atoms with Crippen LogP contribution in [-0.2, 0) is 0 Å². The van der Waals surface area contributed by atoms with Crippen molar-refractivity contribution in [2.24, 2.45) is 11.8 Å². The fraction of sp³-hybridized carbons (Fsp3) is 0.600. The Morgan fingerprint density at radius 2 is 2.00 bits per heavy atom. The number of aliphatic hydroxyl groups is 1. The van der Waals surface area contributed by atoms with Crippen molar-refractivity contribution in [3.63, 3.8) is 0 Å². The second-order valence-corrected chi connectivity index (χ2v) is 5.59. The number of hydrogen-bond acceptors (Lipinski definition) is 2. The fourth-order valence-electron chi connectivity index (χ4n) is 3.65. The molecule has 2 aliphatic rings. The number of rotatable bonds is 4. The van der Waals surface area contributed by atoms with Gasteiger partial charge in [-0.2, -0.15) is 0 Å². The predicted molar refractivity (Wildman–Crippen MR) is 68.6 cm³/mol. The van der Waals surface area contributed by atoms with Gasteiger partial charge in [-0.05, 0) is 36.7 Å². The molecule has 0 aliphatic heterocycles. The van der Waals surface area contributed by atoms with Crippen LogP contribution in [0.25, 0.3) is 0 Å². The highest BCUT2D eigenvalue weighted by Gasteiger charge is 2.40. The molecule has 3 unspecified atom stereocenters. The molecule has 0 radical (unpaired) electrons. The molecule has 0 spiro atoms. The molecular formula is C15H21NO. The van der Waals surface area contributed by atoms with Crippen LogP contribution in [0.2, 0.25) is 0 Å². The molecule has 0 heterocycles. The summed E-state index contributed by atoms with van der Waals surface area (Å²) in [5.74, 6) is 1.81. The van der Waals surface area contributed by atoms with Gasteiger partial charge in [0.2, 0.25) is 0 Å². The maximum absolute atomic E-state index is 9.55. The Morgan fingerprint density at radius 1 is 1.18 bits per heavy atom. The van der Waals surface area contributed by atoms with E-state index < -0.39 is 0 Å². The topological polar surface area (TPSA) is 32.3 Å². The van der Waals surface area contributed by atoms with E-state index in [0.29, 0.717) is 6.04 Å². The van der Waals surface area contributed by atoms with E-state index in [1.807, 2.05) is 18.2 Å². The van der Waals surface area contributed by atoms with Crippen molar-refractivity contribution in [1.29, 1.82) is 0 Å². The van der Waals surface area contributed by atoms with E-state index in [-0.39, 0.29) is 12.6 Å². The number of hydrogen-bond donors (Lipinski definition) is 2. The summed E-state index contributed by atoms with van der Waals surface area (Å²) in [6.45, 7) is 0.192. The van der Waals surface area contributed by atoms with E-state index in [4.69, 9.17) is 0 Å². The van der Waals surface area contributed by atoms with Crippen molar-refractivity contribution in [1.82, 2.24) is 5.32 Å². The number of nitrogens with one attached hydrogen (secondary N) is 1. The first-order chi connectivity index (χ1) is 8.36. The van der Waals surface area contributed by atoms with E-state index in [0.717, 1.165) is 11.8 Å². The molecule has 2 nitrogen and oxygen atoms in total. The second kappa shape index (κ2) is 4.79. The van der Waals surface area contributed by atoms with Crippen molar-refractivity contribution in [2.75, 3.05) is 6.61 Å². The summed E-state index contributed by atoms with van der Waals surface area (Å²) in [7, 11) is 0. The Bertz CT molecular complexity index is 364. The molecular weight excluding hydrogens is 210 g/mol. The summed E-state index contributed by atoms with van der Waals surface area (Å²) in [6, 6.07) is 11.0. The molecule has 1 aromatic rings. The van der Waals surface area contributed by atoms with E-state index >= 15 is 0 Å². The molecule has 2 heteroatoms. The third-order valence-electron chi connectivity index (χ3n) is 4.54. The minimum Gasteiger partial charge on any atom is -0.394 e.